The Bertz CT molecular complexity index is 565. The monoisotopic (exact) mass is 318 g/mol. The summed E-state index contributed by atoms with van der Waals surface area (Å²) in [5.74, 6) is 0.0123. The number of hydrogen-bond donors (Lipinski definition) is 0. The minimum Gasteiger partial charge on any atom is -0.289 e. The van der Waals surface area contributed by atoms with E-state index >= 15 is 0 Å². The zero-order valence-electron chi connectivity index (χ0n) is 9.55. The maximum atomic E-state index is 11.8. The van der Waals surface area contributed by atoms with Crippen LogP contribution in [0.25, 0.3) is 6.08 Å². The van der Waals surface area contributed by atoms with Crippen LogP contribution in [0.3, 0.4) is 0 Å². The van der Waals surface area contributed by atoms with Gasteiger partial charge in [-0.1, -0.05) is 34.1 Å². The molecule has 0 spiro atoms. The molecule has 0 aliphatic heterocycles. The third-order valence-electron chi connectivity index (χ3n) is 2.29. The third kappa shape index (κ3) is 3.79. The summed E-state index contributed by atoms with van der Waals surface area (Å²) in [6, 6.07) is 11.4. The Morgan fingerprint density at radius 2 is 1.89 bits per heavy atom. The number of halogens is 1. The first kappa shape index (κ1) is 13.0. The highest BCUT2D eigenvalue weighted by Crippen LogP contribution is 2.12. The van der Waals surface area contributed by atoms with Gasteiger partial charge in [0.05, 0.1) is 0 Å². The molecule has 0 fully saturated rings. The SMILES string of the molecule is O=C(/C=C/C=C/c1cccs1)c1ccc(Br)cc1. The number of allylic oxidation sites excluding steroid dienone is 3. The van der Waals surface area contributed by atoms with E-state index in [4.69, 9.17) is 0 Å². The zero-order valence-corrected chi connectivity index (χ0v) is 11.9. The van der Waals surface area contributed by atoms with Gasteiger partial charge in [-0.2, -0.15) is 0 Å². The Balaban J connectivity index is 1.97. The van der Waals surface area contributed by atoms with Crippen LogP contribution >= 0.6 is 27.3 Å². The fraction of sp³-hybridized carbons (Fsp3) is 0. The number of hydrogen-bond acceptors (Lipinski definition) is 2. The number of benzene rings is 1. The smallest absolute Gasteiger partial charge is 0.185 e. The second-order valence-electron chi connectivity index (χ2n) is 3.60. The van der Waals surface area contributed by atoms with Gasteiger partial charge in [0.1, 0.15) is 0 Å². The molecule has 1 heterocycles. The maximum Gasteiger partial charge on any atom is 0.185 e. The van der Waals surface area contributed by atoms with Crippen LogP contribution < -0.4 is 0 Å². The highest BCUT2D eigenvalue weighted by atomic mass is 79.9. The van der Waals surface area contributed by atoms with E-state index in [1.807, 2.05) is 41.8 Å². The maximum absolute atomic E-state index is 11.8. The molecule has 1 nitrogen and oxygen atoms in total. The molecule has 0 N–H and O–H groups in total. The Kier molecular flexibility index (Phi) is 4.67. The first-order valence-electron chi connectivity index (χ1n) is 5.44. The van der Waals surface area contributed by atoms with Crippen LogP contribution in [0.2, 0.25) is 0 Å². The number of rotatable bonds is 4. The molecule has 0 amide bonds. The van der Waals surface area contributed by atoms with Crippen molar-refractivity contribution in [1.82, 2.24) is 0 Å². The van der Waals surface area contributed by atoms with Gasteiger partial charge in [0.25, 0.3) is 0 Å². The van der Waals surface area contributed by atoms with Gasteiger partial charge < -0.3 is 0 Å². The largest absolute Gasteiger partial charge is 0.289 e. The Labute approximate surface area is 119 Å². The predicted molar refractivity (Wildman–Crippen MR) is 81.0 cm³/mol. The molecule has 0 bridgehead atoms. The van der Waals surface area contributed by atoms with Crippen molar-refractivity contribution in [1.29, 1.82) is 0 Å². The van der Waals surface area contributed by atoms with Crippen LogP contribution in [-0.2, 0) is 0 Å². The molecule has 0 saturated heterocycles. The Hall–Kier alpha value is -1.45. The van der Waals surface area contributed by atoms with E-state index in [2.05, 4.69) is 15.9 Å². The molecule has 1 aromatic heterocycles. The van der Waals surface area contributed by atoms with Gasteiger partial charge in [-0.05, 0) is 47.9 Å². The number of ketones is 1. The van der Waals surface area contributed by atoms with E-state index in [9.17, 15) is 4.79 Å². The van der Waals surface area contributed by atoms with Gasteiger partial charge >= 0.3 is 0 Å². The molecule has 0 unspecified atom stereocenters. The highest BCUT2D eigenvalue weighted by Gasteiger charge is 1.99. The summed E-state index contributed by atoms with van der Waals surface area (Å²) in [5, 5.41) is 2.02. The van der Waals surface area contributed by atoms with Crippen molar-refractivity contribution in [2.24, 2.45) is 0 Å². The second-order valence-corrected chi connectivity index (χ2v) is 5.50. The first-order valence-corrected chi connectivity index (χ1v) is 7.11. The minimum absolute atomic E-state index is 0.0123. The number of carbonyl (C=O) groups is 1. The van der Waals surface area contributed by atoms with Gasteiger partial charge in [0.15, 0.2) is 5.78 Å². The molecule has 0 saturated carbocycles. The fourth-order valence-electron chi connectivity index (χ4n) is 1.39. The minimum atomic E-state index is 0.0123. The summed E-state index contributed by atoms with van der Waals surface area (Å²) < 4.78 is 0.973. The lowest BCUT2D eigenvalue weighted by Gasteiger charge is -1.94. The first-order chi connectivity index (χ1) is 8.75. The van der Waals surface area contributed by atoms with Crippen LogP contribution in [0.15, 0.2) is 64.5 Å². The zero-order chi connectivity index (χ0) is 12.8. The van der Waals surface area contributed by atoms with Gasteiger partial charge in [0.2, 0.25) is 0 Å². The molecule has 0 aliphatic carbocycles. The van der Waals surface area contributed by atoms with E-state index in [-0.39, 0.29) is 5.78 Å². The van der Waals surface area contributed by atoms with Crippen molar-refractivity contribution in [3.05, 3.63) is 74.9 Å². The molecule has 18 heavy (non-hydrogen) atoms. The van der Waals surface area contributed by atoms with E-state index in [0.29, 0.717) is 5.56 Å². The summed E-state index contributed by atoms with van der Waals surface area (Å²) in [6.45, 7) is 0. The normalized spacial score (nSPS) is 11.4. The fourth-order valence-corrected chi connectivity index (χ4v) is 2.28. The predicted octanol–water partition coefficient (Wildman–Crippen LogP) is 4.96. The number of thiophene rings is 1. The average Bonchev–Trinajstić information content (AvgIpc) is 2.88. The van der Waals surface area contributed by atoms with Crippen molar-refractivity contribution in [2.75, 3.05) is 0 Å². The van der Waals surface area contributed by atoms with Gasteiger partial charge in [-0.15, -0.1) is 11.3 Å². The van der Waals surface area contributed by atoms with Crippen molar-refractivity contribution < 1.29 is 4.79 Å². The topological polar surface area (TPSA) is 17.1 Å². The van der Waals surface area contributed by atoms with E-state index in [1.54, 1.807) is 35.6 Å². The summed E-state index contributed by atoms with van der Waals surface area (Å²) in [7, 11) is 0. The van der Waals surface area contributed by atoms with Crippen molar-refractivity contribution in [2.45, 2.75) is 0 Å². The number of carbonyl (C=O) groups excluding carboxylic acids is 1. The van der Waals surface area contributed by atoms with Crippen molar-refractivity contribution in [3.8, 4) is 0 Å². The molecule has 2 rings (SSSR count). The van der Waals surface area contributed by atoms with E-state index < -0.39 is 0 Å². The van der Waals surface area contributed by atoms with E-state index in [0.717, 1.165) is 4.47 Å². The summed E-state index contributed by atoms with van der Waals surface area (Å²) in [6.07, 6.45) is 7.20. The van der Waals surface area contributed by atoms with Crippen LogP contribution in [0.4, 0.5) is 0 Å². The van der Waals surface area contributed by atoms with Gasteiger partial charge in [0, 0.05) is 14.9 Å². The highest BCUT2D eigenvalue weighted by molar-refractivity contribution is 9.10. The Morgan fingerprint density at radius 1 is 1.11 bits per heavy atom. The lowest BCUT2D eigenvalue weighted by atomic mass is 10.1. The molecular weight excluding hydrogens is 308 g/mol. The van der Waals surface area contributed by atoms with Crippen LogP contribution in [0, 0.1) is 0 Å². The molecule has 0 atom stereocenters. The van der Waals surface area contributed by atoms with Gasteiger partial charge in [-0.25, -0.2) is 0 Å². The lowest BCUT2D eigenvalue weighted by Crippen LogP contribution is -1.92. The van der Waals surface area contributed by atoms with Crippen LogP contribution in [0.5, 0.6) is 0 Å². The summed E-state index contributed by atoms with van der Waals surface area (Å²) in [4.78, 5) is 13.0. The van der Waals surface area contributed by atoms with E-state index in [1.165, 1.54) is 4.88 Å². The van der Waals surface area contributed by atoms with Crippen LogP contribution in [0.1, 0.15) is 15.2 Å². The molecular formula is C15H11BrOS. The standard InChI is InChI=1S/C15H11BrOS/c16-13-9-7-12(8-10-13)15(17)6-2-1-4-14-5-3-11-18-14/h1-11H/b4-1+,6-2+. The molecule has 90 valence electrons. The molecule has 1 aromatic carbocycles. The average molecular weight is 319 g/mol. The summed E-state index contributed by atoms with van der Waals surface area (Å²) in [5.41, 5.74) is 0.693. The lowest BCUT2D eigenvalue weighted by molar-refractivity contribution is 0.104. The molecule has 0 aliphatic rings. The van der Waals surface area contributed by atoms with Gasteiger partial charge in [-0.3, -0.25) is 4.79 Å². The molecule has 2 aromatic rings. The van der Waals surface area contributed by atoms with Crippen molar-refractivity contribution >= 4 is 39.1 Å². The third-order valence-corrected chi connectivity index (χ3v) is 3.66. The molecule has 0 radical (unpaired) electrons. The Morgan fingerprint density at radius 3 is 2.56 bits per heavy atom. The van der Waals surface area contributed by atoms with Crippen molar-refractivity contribution in [3.63, 3.8) is 0 Å². The summed E-state index contributed by atoms with van der Waals surface area (Å²) >= 11 is 5.01. The second kappa shape index (κ2) is 6.47. The van der Waals surface area contributed by atoms with Crippen LogP contribution in [-0.4, -0.2) is 5.78 Å². The molecule has 3 heteroatoms. The quantitative estimate of drug-likeness (QED) is 0.442.